The van der Waals surface area contributed by atoms with Gasteiger partial charge in [0.25, 0.3) is 0 Å². The van der Waals surface area contributed by atoms with Crippen molar-refractivity contribution >= 4 is 0 Å². The Balaban J connectivity index is 2.14. The minimum absolute atomic E-state index is 0.206. The third kappa shape index (κ3) is 3.55. The lowest BCUT2D eigenvalue weighted by atomic mass is 9.87. The van der Waals surface area contributed by atoms with E-state index in [0.717, 1.165) is 12.5 Å². The van der Waals surface area contributed by atoms with Crippen LogP contribution in [0.5, 0.6) is 0 Å². The van der Waals surface area contributed by atoms with Crippen LogP contribution >= 0.6 is 0 Å². The Hall–Kier alpha value is -0.0800. The molecule has 0 aromatic carbocycles. The molecule has 2 heteroatoms. The van der Waals surface area contributed by atoms with E-state index in [1.807, 2.05) is 6.92 Å². The van der Waals surface area contributed by atoms with Crippen molar-refractivity contribution in [2.75, 3.05) is 6.54 Å². The fourth-order valence-electron chi connectivity index (χ4n) is 1.96. The summed E-state index contributed by atoms with van der Waals surface area (Å²) in [6, 6.07) is 0.656. The molecule has 0 aliphatic heterocycles. The zero-order chi connectivity index (χ0) is 8.97. The van der Waals surface area contributed by atoms with E-state index < -0.39 is 0 Å². The van der Waals surface area contributed by atoms with Gasteiger partial charge in [0.15, 0.2) is 0 Å². The molecule has 0 saturated heterocycles. The molecule has 0 spiro atoms. The topological polar surface area (TPSA) is 32.3 Å². The van der Waals surface area contributed by atoms with Crippen molar-refractivity contribution in [2.24, 2.45) is 5.92 Å². The number of rotatable bonds is 3. The molecule has 2 nitrogen and oxygen atoms in total. The number of hydrogen-bond acceptors (Lipinski definition) is 2. The quantitative estimate of drug-likeness (QED) is 0.675. The van der Waals surface area contributed by atoms with Gasteiger partial charge in [-0.15, -0.1) is 0 Å². The maximum absolute atomic E-state index is 9.09. The Kier molecular flexibility index (Phi) is 4.02. The molecule has 0 amide bonds. The monoisotopic (exact) mass is 171 g/mol. The summed E-state index contributed by atoms with van der Waals surface area (Å²) < 4.78 is 0. The molecule has 2 N–H and O–H groups in total. The summed E-state index contributed by atoms with van der Waals surface area (Å²) >= 11 is 0. The second-order valence-electron chi connectivity index (χ2n) is 4.23. The van der Waals surface area contributed by atoms with Gasteiger partial charge in [0.2, 0.25) is 0 Å². The van der Waals surface area contributed by atoms with Gasteiger partial charge in [0.1, 0.15) is 0 Å². The predicted octanol–water partition coefficient (Wildman–Crippen LogP) is 1.54. The molecule has 3 atom stereocenters. The van der Waals surface area contributed by atoms with Crippen LogP contribution in [0.3, 0.4) is 0 Å². The van der Waals surface area contributed by atoms with Gasteiger partial charge in [-0.25, -0.2) is 0 Å². The second kappa shape index (κ2) is 4.83. The van der Waals surface area contributed by atoms with Crippen molar-refractivity contribution < 1.29 is 5.11 Å². The minimum Gasteiger partial charge on any atom is -0.392 e. The molecule has 1 saturated carbocycles. The zero-order valence-electron chi connectivity index (χ0n) is 8.21. The number of nitrogens with one attached hydrogen (secondary N) is 1. The molecule has 12 heavy (non-hydrogen) atoms. The summed E-state index contributed by atoms with van der Waals surface area (Å²) in [5.41, 5.74) is 0. The number of aliphatic hydroxyl groups is 1. The van der Waals surface area contributed by atoms with Gasteiger partial charge < -0.3 is 10.4 Å². The molecule has 0 aromatic rings. The molecule has 1 aliphatic carbocycles. The van der Waals surface area contributed by atoms with Crippen LogP contribution in [0, 0.1) is 5.92 Å². The van der Waals surface area contributed by atoms with Gasteiger partial charge in [0.05, 0.1) is 6.10 Å². The van der Waals surface area contributed by atoms with Crippen LogP contribution in [0.4, 0.5) is 0 Å². The fourth-order valence-corrected chi connectivity index (χ4v) is 1.96. The Morgan fingerprint density at radius 3 is 2.83 bits per heavy atom. The van der Waals surface area contributed by atoms with E-state index >= 15 is 0 Å². The molecule has 0 radical (unpaired) electrons. The van der Waals surface area contributed by atoms with Crippen LogP contribution in [0.15, 0.2) is 0 Å². The first-order valence-electron chi connectivity index (χ1n) is 5.10. The van der Waals surface area contributed by atoms with Gasteiger partial charge in [-0.05, 0) is 25.7 Å². The average Bonchev–Trinajstić information content (AvgIpc) is 2.01. The van der Waals surface area contributed by atoms with E-state index in [1.165, 1.54) is 25.7 Å². The van der Waals surface area contributed by atoms with Gasteiger partial charge in [-0.3, -0.25) is 0 Å². The maximum Gasteiger partial charge on any atom is 0.0636 e. The Morgan fingerprint density at radius 2 is 2.25 bits per heavy atom. The summed E-state index contributed by atoms with van der Waals surface area (Å²) in [6.45, 7) is 4.90. The SMILES string of the molecule is C[C@@H]1CCC[C@H](NC[C@H](C)O)C1. The molecule has 1 rings (SSSR count). The smallest absolute Gasteiger partial charge is 0.0636 e. The van der Waals surface area contributed by atoms with Crippen LogP contribution in [-0.2, 0) is 0 Å². The van der Waals surface area contributed by atoms with E-state index in [0.29, 0.717) is 6.04 Å². The third-order valence-electron chi connectivity index (χ3n) is 2.64. The number of aliphatic hydroxyl groups excluding tert-OH is 1. The summed E-state index contributed by atoms with van der Waals surface area (Å²) in [4.78, 5) is 0. The zero-order valence-corrected chi connectivity index (χ0v) is 8.21. The summed E-state index contributed by atoms with van der Waals surface area (Å²) in [7, 11) is 0. The van der Waals surface area contributed by atoms with E-state index in [1.54, 1.807) is 0 Å². The van der Waals surface area contributed by atoms with Gasteiger partial charge in [0, 0.05) is 12.6 Å². The summed E-state index contributed by atoms with van der Waals surface area (Å²) in [5.74, 6) is 0.866. The highest BCUT2D eigenvalue weighted by atomic mass is 16.3. The number of hydrogen-bond donors (Lipinski definition) is 2. The lowest BCUT2D eigenvalue weighted by Gasteiger charge is -2.28. The first-order chi connectivity index (χ1) is 5.68. The molecule has 0 bridgehead atoms. The van der Waals surface area contributed by atoms with Gasteiger partial charge in [-0.2, -0.15) is 0 Å². The molecule has 1 fully saturated rings. The summed E-state index contributed by atoms with van der Waals surface area (Å²) in [5, 5.41) is 12.5. The molecular weight excluding hydrogens is 150 g/mol. The van der Waals surface area contributed by atoms with Crippen LogP contribution in [0.25, 0.3) is 0 Å². The predicted molar refractivity (Wildman–Crippen MR) is 51.1 cm³/mol. The van der Waals surface area contributed by atoms with Crippen LogP contribution < -0.4 is 5.32 Å². The van der Waals surface area contributed by atoms with Gasteiger partial charge >= 0.3 is 0 Å². The standard InChI is InChI=1S/C10H21NO/c1-8-4-3-5-10(6-8)11-7-9(2)12/h8-12H,3-7H2,1-2H3/t8-,9+,10+/m1/s1. The normalized spacial score (nSPS) is 33.2. The van der Waals surface area contributed by atoms with E-state index in [9.17, 15) is 0 Å². The minimum atomic E-state index is -0.206. The molecule has 0 aromatic heterocycles. The molecule has 1 aliphatic rings. The highest BCUT2D eigenvalue weighted by Crippen LogP contribution is 2.23. The molecule has 0 heterocycles. The first kappa shape index (κ1) is 10.0. The van der Waals surface area contributed by atoms with Crippen molar-refractivity contribution in [2.45, 2.75) is 51.7 Å². The van der Waals surface area contributed by atoms with Crippen LogP contribution in [0.1, 0.15) is 39.5 Å². The molecule has 72 valence electrons. The van der Waals surface area contributed by atoms with Crippen LogP contribution in [-0.4, -0.2) is 23.8 Å². The lowest BCUT2D eigenvalue weighted by molar-refractivity contribution is 0.177. The first-order valence-corrected chi connectivity index (χ1v) is 5.10. The molecular formula is C10H21NO. The van der Waals surface area contributed by atoms with Crippen molar-refractivity contribution in [3.05, 3.63) is 0 Å². The Bertz CT molecular complexity index is 125. The van der Waals surface area contributed by atoms with Crippen molar-refractivity contribution in [3.63, 3.8) is 0 Å². The van der Waals surface area contributed by atoms with Crippen molar-refractivity contribution in [1.82, 2.24) is 5.32 Å². The fraction of sp³-hybridized carbons (Fsp3) is 1.00. The Labute approximate surface area is 75.4 Å². The Morgan fingerprint density at radius 1 is 1.50 bits per heavy atom. The van der Waals surface area contributed by atoms with Crippen LogP contribution in [0.2, 0.25) is 0 Å². The van der Waals surface area contributed by atoms with E-state index in [-0.39, 0.29) is 6.10 Å². The second-order valence-corrected chi connectivity index (χ2v) is 4.23. The summed E-state index contributed by atoms with van der Waals surface area (Å²) in [6.07, 6.45) is 5.09. The van der Waals surface area contributed by atoms with Crippen molar-refractivity contribution in [1.29, 1.82) is 0 Å². The molecule has 0 unspecified atom stereocenters. The van der Waals surface area contributed by atoms with E-state index in [2.05, 4.69) is 12.2 Å². The van der Waals surface area contributed by atoms with E-state index in [4.69, 9.17) is 5.11 Å². The average molecular weight is 171 g/mol. The van der Waals surface area contributed by atoms with Crippen molar-refractivity contribution in [3.8, 4) is 0 Å². The maximum atomic E-state index is 9.09. The van der Waals surface area contributed by atoms with Gasteiger partial charge in [-0.1, -0.05) is 19.8 Å². The highest BCUT2D eigenvalue weighted by molar-refractivity contribution is 4.76. The third-order valence-corrected chi connectivity index (χ3v) is 2.64. The largest absolute Gasteiger partial charge is 0.392 e. The lowest BCUT2D eigenvalue weighted by Crippen LogP contribution is -2.37. The highest BCUT2D eigenvalue weighted by Gasteiger charge is 2.18.